The van der Waals surface area contributed by atoms with E-state index in [1.807, 2.05) is 67.0 Å². The molecule has 0 fully saturated rings. The average molecular weight is 431 g/mol. The third-order valence-electron chi connectivity index (χ3n) is 6.38. The second-order valence-electron chi connectivity index (χ2n) is 8.06. The molecule has 0 aliphatic rings. The maximum absolute atomic E-state index is 9.46. The van der Waals surface area contributed by atoms with Crippen molar-refractivity contribution in [1.82, 2.24) is 0 Å². The van der Waals surface area contributed by atoms with E-state index in [1.165, 1.54) is 0 Å². The lowest BCUT2D eigenvalue weighted by atomic mass is 10.0. The topological polar surface area (TPSA) is 96.1 Å². The summed E-state index contributed by atoms with van der Waals surface area (Å²) in [7, 11) is 0. The zero-order valence-electron chi connectivity index (χ0n) is 17.7. The van der Waals surface area contributed by atoms with Gasteiger partial charge in [0, 0.05) is 21.5 Å². The van der Waals surface area contributed by atoms with E-state index in [-0.39, 0.29) is 0 Å². The van der Waals surface area contributed by atoms with E-state index in [4.69, 9.17) is 5.26 Å². The van der Waals surface area contributed by atoms with Gasteiger partial charge in [-0.25, -0.2) is 0 Å². The smallest absolute Gasteiger partial charge is 0.192 e. The van der Waals surface area contributed by atoms with Gasteiger partial charge in [-0.3, -0.25) is 0 Å². The molecule has 0 saturated heterocycles. The van der Waals surface area contributed by atoms with Gasteiger partial charge in [-0.2, -0.15) is 25.8 Å². The van der Waals surface area contributed by atoms with Crippen LogP contribution in [0.4, 0.5) is 0 Å². The van der Waals surface area contributed by atoms with Gasteiger partial charge in [0.1, 0.15) is 0 Å². The molecule has 6 aromatic carbocycles. The maximum atomic E-state index is 9.46. The Bertz CT molecular complexity index is 2030. The number of benzene rings is 4. The van der Waals surface area contributed by atoms with Crippen LogP contribution in [0.3, 0.4) is 0 Å². The Labute approximate surface area is 193 Å². The van der Waals surface area contributed by atoms with Crippen LogP contribution in [0.25, 0.3) is 54.2 Å². The van der Waals surface area contributed by atoms with E-state index in [2.05, 4.69) is 28.2 Å². The first-order valence-corrected chi connectivity index (χ1v) is 10.6. The van der Waals surface area contributed by atoms with Crippen molar-refractivity contribution < 1.29 is 0 Å². The molecule has 0 heterocycles. The van der Waals surface area contributed by atoms with Crippen molar-refractivity contribution in [3.63, 3.8) is 0 Å². The highest BCUT2D eigenvalue weighted by Gasteiger charge is 2.15. The fourth-order valence-corrected chi connectivity index (χ4v) is 4.88. The largest absolute Gasteiger partial charge is 0.206 e. The number of rotatable bonds is 1. The Balaban J connectivity index is 1.74. The molecule has 0 radical (unpaired) electrons. The molecular formula is C29H13N5. The van der Waals surface area contributed by atoms with E-state index in [0.717, 1.165) is 54.2 Å². The van der Waals surface area contributed by atoms with Crippen LogP contribution in [0.1, 0.15) is 5.56 Å². The van der Waals surface area contributed by atoms with E-state index >= 15 is 0 Å². The van der Waals surface area contributed by atoms with Gasteiger partial charge in [0.05, 0.1) is 22.3 Å². The quantitative estimate of drug-likeness (QED) is 0.323. The molecule has 154 valence electrons. The molecule has 5 heteroatoms. The van der Waals surface area contributed by atoms with Gasteiger partial charge in [0.15, 0.2) is 0 Å². The van der Waals surface area contributed by atoms with Gasteiger partial charge in [-0.1, -0.05) is 48.5 Å². The third-order valence-corrected chi connectivity index (χ3v) is 6.38. The molecule has 6 aromatic rings. The standard InChI is InChI=1S/C29H13N5/c30-14-17-5-7-18(8-6-17)19-9-10-21-24-13-26-23(12-27(24)29(34-16-32)25(21)11-19)20-3-1-2-4-22(20)28(26)33-15-31/h1-13H. The highest BCUT2D eigenvalue weighted by atomic mass is 14.7. The van der Waals surface area contributed by atoms with Crippen molar-refractivity contribution in [1.29, 1.82) is 15.8 Å². The van der Waals surface area contributed by atoms with Crippen LogP contribution >= 0.6 is 0 Å². The summed E-state index contributed by atoms with van der Waals surface area (Å²) in [5.74, 6) is 0. The molecule has 0 amide bonds. The lowest BCUT2D eigenvalue weighted by Crippen LogP contribution is -1.99. The van der Waals surface area contributed by atoms with Crippen molar-refractivity contribution in [2.45, 2.75) is 0 Å². The predicted molar refractivity (Wildman–Crippen MR) is 131 cm³/mol. The van der Waals surface area contributed by atoms with Gasteiger partial charge < -0.3 is 0 Å². The van der Waals surface area contributed by atoms with Crippen LogP contribution < -0.4 is 10.7 Å². The molecule has 0 aromatic heterocycles. The molecular weight excluding hydrogens is 418 g/mol. The van der Waals surface area contributed by atoms with Crippen molar-refractivity contribution in [3.8, 4) is 29.6 Å². The van der Waals surface area contributed by atoms with Crippen LogP contribution in [-0.2, 0) is 0 Å². The van der Waals surface area contributed by atoms with Gasteiger partial charge in [-0.05, 0) is 63.0 Å². The number of nitrogens with zero attached hydrogens (tertiary/aromatic N) is 5. The van der Waals surface area contributed by atoms with Crippen LogP contribution in [0, 0.1) is 34.2 Å². The molecule has 0 bridgehead atoms. The molecule has 34 heavy (non-hydrogen) atoms. The predicted octanol–water partition coefficient (Wildman–Crippen LogP) is 5.48. The summed E-state index contributed by atoms with van der Waals surface area (Å²) in [4.78, 5) is 8.33. The maximum Gasteiger partial charge on any atom is 0.206 e. The summed E-state index contributed by atoms with van der Waals surface area (Å²) < 4.78 is 0. The molecule has 6 rings (SSSR count). The molecule has 5 nitrogen and oxygen atoms in total. The van der Waals surface area contributed by atoms with Crippen LogP contribution in [0.2, 0.25) is 0 Å². The van der Waals surface area contributed by atoms with E-state index in [1.54, 1.807) is 12.1 Å². The number of hydrogen-bond donors (Lipinski definition) is 0. The van der Waals surface area contributed by atoms with E-state index in [9.17, 15) is 10.5 Å². The summed E-state index contributed by atoms with van der Waals surface area (Å²) in [5, 5.41) is 36.7. The lowest BCUT2D eigenvalue weighted by Gasteiger charge is -2.02. The number of fused-ring (bicyclic) bond motifs is 6. The van der Waals surface area contributed by atoms with E-state index < -0.39 is 0 Å². The highest BCUT2D eigenvalue weighted by molar-refractivity contribution is 6.21. The Morgan fingerprint density at radius 2 is 1.00 bits per heavy atom. The lowest BCUT2D eigenvalue weighted by molar-refractivity contribution is 1.37. The highest BCUT2D eigenvalue weighted by Crippen LogP contribution is 2.33. The fraction of sp³-hybridized carbons (Fsp3) is 0. The van der Waals surface area contributed by atoms with Crippen LogP contribution in [0.15, 0.2) is 88.8 Å². The number of hydrogen-bond acceptors (Lipinski definition) is 5. The van der Waals surface area contributed by atoms with Gasteiger partial charge in [0.25, 0.3) is 0 Å². The van der Waals surface area contributed by atoms with Crippen molar-refractivity contribution >= 4 is 43.1 Å². The zero-order chi connectivity index (χ0) is 23.2. The van der Waals surface area contributed by atoms with Crippen LogP contribution in [-0.4, -0.2) is 0 Å². The SMILES string of the molecule is N#CN=c1c2ccccc2c2cc3c(=NC#N)c4cc(-c5ccc(C#N)cc5)ccc4c3cc12. The van der Waals surface area contributed by atoms with Gasteiger partial charge in [-0.15, -0.1) is 0 Å². The molecule has 0 saturated carbocycles. The Morgan fingerprint density at radius 1 is 0.471 bits per heavy atom. The van der Waals surface area contributed by atoms with Crippen molar-refractivity contribution in [2.24, 2.45) is 9.98 Å². The first-order chi connectivity index (χ1) is 16.7. The Kier molecular flexibility index (Phi) is 4.21. The average Bonchev–Trinajstić information content (AvgIpc) is 3.35. The summed E-state index contributed by atoms with van der Waals surface area (Å²) in [6.07, 6.45) is 3.91. The molecule has 0 aliphatic carbocycles. The van der Waals surface area contributed by atoms with Crippen molar-refractivity contribution in [2.75, 3.05) is 0 Å². The molecule has 0 N–H and O–H groups in total. The monoisotopic (exact) mass is 431 g/mol. The van der Waals surface area contributed by atoms with Gasteiger partial charge >= 0.3 is 0 Å². The first-order valence-electron chi connectivity index (χ1n) is 10.6. The molecule has 0 unspecified atom stereocenters. The Hall–Kier alpha value is -5.31. The zero-order valence-corrected chi connectivity index (χ0v) is 17.7. The fourth-order valence-electron chi connectivity index (χ4n) is 4.88. The van der Waals surface area contributed by atoms with Gasteiger partial charge in [0.2, 0.25) is 12.4 Å². The summed E-state index contributed by atoms with van der Waals surface area (Å²) in [6, 6.07) is 27.7. The molecule has 0 atom stereocenters. The summed E-state index contributed by atoms with van der Waals surface area (Å²) >= 11 is 0. The second kappa shape index (κ2) is 7.38. The van der Waals surface area contributed by atoms with E-state index in [0.29, 0.717) is 16.3 Å². The third kappa shape index (κ3) is 2.71. The molecule has 0 aliphatic heterocycles. The minimum absolute atomic E-state index is 0.605. The van der Waals surface area contributed by atoms with Crippen LogP contribution in [0.5, 0.6) is 0 Å². The summed E-state index contributed by atoms with van der Waals surface area (Å²) in [6.45, 7) is 0. The second-order valence-corrected chi connectivity index (χ2v) is 8.06. The van der Waals surface area contributed by atoms with Crippen molar-refractivity contribution in [3.05, 3.63) is 95.1 Å². The first kappa shape index (κ1) is 19.4. The Morgan fingerprint density at radius 3 is 1.62 bits per heavy atom. The normalized spacial score (nSPS) is 12.4. The number of nitriles is 3. The minimum Gasteiger partial charge on any atom is -0.192 e. The minimum atomic E-state index is 0.605. The molecule has 0 spiro atoms. The summed E-state index contributed by atoms with van der Waals surface area (Å²) in [5.41, 5.74) is 2.56.